The maximum absolute atomic E-state index is 2.45. The van der Waals surface area contributed by atoms with Crippen LogP contribution in [0.2, 0.25) is 0 Å². The molecule has 0 radical (unpaired) electrons. The Balaban J connectivity index is 1.22. The summed E-state index contributed by atoms with van der Waals surface area (Å²) in [5.74, 6) is 0. The van der Waals surface area contributed by atoms with Crippen molar-refractivity contribution in [1.29, 1.82) is 0 Å². The number of nitrogens with zero attached hydrogens (tertiary/aromatic N) is 1. The van der Waals surface area contributed by atoms with Gasteiger partial charge < -0.3 is 4.90 Å². The average Bonchev–Trinajstić information content (AvgIpc) is 3.14. The van der Waals surface area contributed by atoms with Crippen LogP contribution in [0.5, 0.6) is 0 Å². The van der Waals surface area contributed by atoms with E-state index in [-0.39, 0.29) is 5.41 Å². The summed E-state index contributed by atoms with van der Waals surface area (Å²) in [5.41, 5.74) is 13.7. The third-order valence-electron chi connectivity index (χ3n) is 10.2. The average molecular weight is 614 g/mol. The van der Waals surface area contributed by atoms with Crippen LogP contribution >= 0.6 is 0 Å². The number of anilines is 3. The van der Waals surface area contributed by atoms with Crippen LogP contribution in [0, 0.1) is 0 Å². The molecule has 0 saturated carbocycles. The Labute approximate surface area is 282 Å². The first kappa shape index (κ1) is 28.3. The molecule has 48 heavy (non-hydrogen) atoms. The van der Waals surface area contributed by atoms with Gasteiger partial charge in [0.05, 0.1) is 0 Å². The summed E-state index contributed by atoms with van der Waals surface area (Å²) in [6.07, 6.45) is 0. The van der Waals surface area contributed by atoms with Crippen LogP contribution in [0.25, 0.3) is 54.9 Å². The zero-order valence-corrected chi connectivity index (χ0v) is 27.2. The van der Waals surface area contributed by atoms with Crippen molar-refractivity contribution in [3.05, 3.63) is 187 Å². The van der Waals surface area contributed by atoms with E-state index in [0.717, 1.165) is 17.1 Å². The monoisotopic (exact) mass is 613 g/mol. The van der Waals surface area contributed by atoms with Crippen molar-refractivity contribution < 1.29 is 0 Å². The van der Waals surface area contributed by atoms with Crippen molar-refractivity contribution in [3.63, 3.8) is 0 Å². The van der Waals surface area contributed by atoms with Gasteiger partial charge in [-0.1, -0.05) is 147 Å². The minimum Gasteiger partial charge on any atom is -0.311 e. The topological polar surface area (TPSA) is 3.24 Å². The Hall–Kier alpha value is -5.92. The van der Waals surface area contributed by atoms with Crippen molar-refractivity contribution in [2.24, 2.45) is 0 Å². The molecule has 8 aromatic carbocycles. The molecule has 1 nitrogen and oxygen atoms in total. The molecular weight excluding hydrogens is 579 g/mol. The van der Waals surface area contributed by atoms with Gasteiger partial charge in [0.2, 0.25) is 0 Å². The Bertz CT molecular complexity index is 2410. The van der Waals surface area contributed by atoms with Crippen molar-refractivity contribution in [2.75, 3.05) is 4.90 Å². The normalized spacial score (nSPS) is 13.0. The molecule has 228 valence electrons. The highest BCUT2D eigenvalue weighted by atomic mass is 15.1. The van der Waals surface area contributed by atoms with Gasteiger partial charge in [-0.15, -0.1) is 0 Å². The van der Waals surface area contributed by atoms with Gasteiger partial charge in [-0.05, 0) is 109 Å². The van der Waals surface area contributed by atoms with Gasteiger partial charge in [-0.3, -0.25) is 0 Å². The number of rotatable bonds is 5. The number of hydrogen-bond donors (Lipinski definition) is 0. The molecule has 0 saturated heterocycles. The fourth-order valence-corrected chi connectivity index (χ4v) is 7.88. The first-order valence-electron chi connectivity index (χ1n) is 16.8. The zero-order valence-electron chi connectivity index (χ0n) is 27.2. The van der Waals surface area contributed by atoms with E-state index < -0.39 is 0 Å². The quantitative estimate of drug-likeness (QED) is 0.187. The molecule has 0 aromatic heterocycles. The molecule has 0 atom stereocenters. The van der Waals surface area contributed by atoms with E-state index in [1.54, 1.807) is 0 Å². The predicted molar refractivity (Wildman–Crippen MR) is 205 cm³/mol. The van der Waals surface area contributed by atoms with Gasteiger partial charge in [0.1, 0.15) is 0 Å². The van der Waals surface area contributed by atoms with E-state index in [4.69, 9.17) is 0 Å². The van der Waals surface area contributed by atoms with E-state index in [1.165, 1.54) is 66.1 Å². The van der Waals surface area contributed by atoms with Crippen LogP contribution in [-0.4, -0.2) is 0 Å². The van der Waals surface area contributed by atoms with E-state index in [9.17, 15) is 0 Å². The summed E-state index contributed by atoms with van der Waals surface area (Å²) in [6.45, 7) is 4.78. The van der Waals surface area contributed by atoms with E-state index in [0.29, 0.717) is 0 Å². The molecular formula is C47H35N. The van der Waals surface area contributed by atoms with Crippen LogP contribution in [-0.2, 0) is 5.41 Å². The Morgan fingerprint density at radius 3 is 1.73 bits per heavy atom. The molecule has 0 spiro atoms. The molecule has 0 aliphatic heterocycles. The maximum atomic E-state index is 2.45. The third-order valence-corrected chi connectivity index (χ3v) is 10.2. The molecule has 0 heterocycles. The third kappa shape index (κ3) is 4.47. The van der Waals surface area contributed by atoms with Crippen LogP contribution < -0.4 is 4.90 Å². The van der Waals surface area contributed by atoms with Crippen molar-refractivity contribution in [3.8, 4) is 33.4 Å². The lowest BCUT2D eigenvalue weighted by Gasteiger charge is -2.36. The lowest BCUT2D eigenvalue weighted by atomic mass is 9.67. The summed E-state index contributed by atoms with van der Waals surface area (Å²) < 4.78 is 0. The fourth-order valence-electron chi connectivity index (χ4n) is 7.88. The smallest absolute Gasteiger partial charge is 0.0462 e. The van der Waals surface area contributed by atoms with Crippen LogP contribution in [0.3, 0.4) is 0 Å². The number of para-hydroxylation sites is 2. The van der Waals surface area contributed by atoms with Crippen LogP contribution in [0.4, 0.5) is 17.1 Å². The minimum atomic E-state index is -0.156. The van der Waals surface area contributed by atoms with Gasteiger partial charge in [0.15, 0.2) is 0 Å². The Morgan fingerprint density at radius 2 is 0.979 bits per heavy atom. The molecule has 0 amide bonds. The first-order chi connectivity index (χ1) is 23.6. The molecule has 1 heteroatoms. The number of hydrogen-bond acceptors (Lipinski definition) is 1. The lowest BCUT2D eigenvalue weighted by Crippen LogP contribution is -2.24. The Kier molecular flexibility index (Phi) is 6.55. The van der Waals surface area contributed by atoms with Gasteiger partial charge in [0.25, 0.3) is 0 Å². The fraction of sp³-hybridized carbons (Fsp3) is 0.0638. The van der Waals surface area contributed by atoms with Gasteiger partial charge in [-0.2, -0.15) is 0 Å². The van der Waals surface area contributed by atoms with Gasteiger partial charge in [-0.25, -0.2) is 0 Å². The molecule has 0 fully saturated rings. The summed E-state index contributed by atoms with van der Waals surface area (Å²) in [5, 5.41) is 5.21. The SMILES string of the molecule is CC1(C)c2cc(-c3cccc4ccccc34)ccc2-c2c(-c3ccc(N(c4ccccc4)c4ccccc4)cc3)ccc3cccc1c23. The molecule has 0 bridgehead atoms. The second kappa shape index (κ2) is 11.1. The van der Waals surface area contributed by atoms with Crippen LogP contribution in [0.1, 0.15) is 25.0 Å². The van der Waals surface area contributed by atoms with Crippen molar-refractivity contribution >= 4 is 38.6 Å². The van der Waals surface area contributed by atoms with E-state index in [2.05, 4.69) is 195 Å². The van der Waals surface area contributed by atoms with Gasteiger partial charge >= 0.3 is 0 Å². The summed E-state index contributed by atoms with van der Waals surface area (Å²) in [6, 6.07) is 64.3. The molecule has 1 aliphatic carbocycles. The molecule has 0 unspecified atom stereocenters. The Morgan fingerprint density at radius 1 is 0.396 bits per heavy atom. The summed E-state index contributed by atoms with van der Waals surface area (Å²) >= 11 is 0. The lowest BCUT2D eigenvalue weighted by molar-refractivity contribution is 0.645. The number of fused-ring (bicyclic) bond motifs is 3. The molecule has 0 N–H and O–H groups in total. The van der Waals surface area contributed by atoms with E-state index in [1.807, 2.05) is 0 Å². The number of benzene rings is 8. The minimum absolute atomic E-state index is 0.156. The highest BCUT2D eigenvalue weighted by molar-refractivity contribution is 6.10. The zero-order chi connectivity index (χ0) is 32.2. The van der Waals surface area contributed by atoms with Crippen LogP contribution in [0.15, 0.2) is 176 Å². The maximum Gasteiger partial charge on any atom is 0.0462 e. The first-order valence-corrected chi connectivity index (χ1v) is 16.8. The highest BCUT2D eigenvalue weighted by Gasteiger charge is 2.35. The highest BCUT2D eigenvalue weighted by Crippen LogP contribution is 2.52. The van der Waals surface area contributed by atoms with E-state index >= 15 is 0 Å². The molecule has 9 rings (SSSR count). The largest absolute Gasteiger partial charge is 0.311 e. The standard InChI is InChI=1S/C47H35N/c1-47(2)43-22-12-15-34-25-29-41(33-23-27-38(28-24-33)48(36-16-5-3-6-17-36)37-18-7-4-8-19-37)46(45(34)43)42-30-26-35(31-44(42)47)40-21-11-14-32-13-9-10-20-39(32)40/h3-31H,1-2H3. The summed E-state index contributed by atoms with van der Waals surface area (Å²) in [4.78, 5) is 2.32. The summed E-state index contributed by atoms with van der Waals surface area (Å²) in [7, 11) is 0. The molecule has 8 aromatic rings. The second-order valence-electron chi connectivity index (χ2n) is 13.4. The van der Waals surface area contributed by atoms with Crippen molar-refractivity contribution in [2.45, 2.75) is 19.3 Å². The predicted octanol–water partition coefficient (Wildman–Crippen LogP) is 13.1. The van der Waals surface area contributed by atoms with Crippen molar-refractivity contribution in [1.82, 2.24) is 0 Å². The van der Waals surface area contributed by atoms with Gasteiger partial charge in [0, 0.05) is 22.5 Å². The molecule has 1 aliphatic rings. The second-order valence-corrected chi connectivity index (χ2v) is 13.4.